The van der Waals surface area contributed by atoms with E-state index in [1.807, 2.05) is 31.8 Å². The van der Waals surface area contributed by atoms with Gasteiger partial charge in [-0.05, 0) is 33.1 Å². The van der Waals surface area contributed by atoms with E-state index in [2.05, 4.69) is 20.8 Å². The lowest BCUT2D eigenvalue weighted by atomic mass is 9.93. The molecule has 0 spiro atoms. The van der Waals surface area contributed by atoms with Crippen molar-refractivity contribution in [3.63, 3.8) is 0 Å². The number of fused-ring (bicyclic) bond motifs is 1. The number of amides is 3. The van der Waals surface area contributed by atoms with Crippen molar-refractivity contribution in [3.05, 3.63) is 29.8 Å². The van der Waals surface area contributed by atoms with E-state index in [0.717, 1.165) is 24.8 Å². The van der Waals surface area contributed by atoms with Crippen LogP contribution in [0.1, 0.15) is 44.0 Å². The Morgan fingerprint density at radius 3 is 2.93 bits per heavy atom. The number of aromatic nitrogens is 4. The van der Waals surface area contributed by atoms with Crippen molar-refractivity contribution < 1.29 is 14.3 Å². The number of rotatable bonds is 4. The molecule has 1 aliphatic carbocycles. The molecule has 3 amide bonds. The van der Waals surface area contributed by atoms with Gasteiger partial charge in [-0.2, -0.15) is 10.2 Å². The maximum absolute atomic E-state index is 12.6. The van der Waals surface area contributed by atoms with Gasteiger partial charge in [0.25, 0.3) is 0 Å². The minimum Gasteiger partial charge on any atom is -0.372 e. The molecule has 4 rings (SSSR count). The summed E-state index contributed by atoms with van der Waals surface area (Å²) in [5.74, 6) is -0.0169. The van der Waals surface area contributed by atoms with Crippen molar-refractivity contribution in [2.75, 3.05) is 25.0 Å². The smallest absolute Gasteiger partial charge is 0.319 e. The topological polar surface area (TPSA) is 106 Å². The van der Waals surface area contributed by atoms with E-state index < -0.39 is 0 Å². The van der Waals surface area contributed by atoms with Gasteiger partial charge in [-0.1, -0.05) is 0 Å². The second-order valence-electron chi connectivity index (χ2n) is 8.56. The van der Waals surface area contributed by atoms with Crippen LogP contribution < -0.4 is 10.6 Å². The normalized spacial score (nSPS) is 20.5. The van der Waals surface area contributed by atoms with Crippen LogP contribution in [0.25, 0.3) is 0 Å². The molecule has 30 heavy (non-hydrogen) atoms. The summed E-state index contributed by atoms with van der Waals surface area (Å²) in [7, 11) is 1.93. The van der Waals surface area contributed by atoms with E-state index in [1.54, 1.807) is 22.0 Å². The summed E-state index contributed by atoms with van der Waals surface area (Å²) in [5.41, 5.74) is 2.46. The van der Waals surface area contributed by atoms with Crippen LogP contribution in [0.15, 0.2) is 18.6 Å². The third-order valence-electron chi connectivity index (χ3n) is 5.65. The van der Waals surface area contributed by atoms with Gasteiger partial charge in [-0.3, -0.25) is 14.2 Å². The van der Waals surface area contributed by atoms with Gasteiger partial charge in [0.15, 0.2) is 0 Å². The number of hydrogen-bond donors (Lipinski definition) is 2. The molecule has 0 unspecified atom stereocenters. The Morgan fingerprint density at radius 2 is 2.13 bits per heavy atom. The third kappa shape index (κ3) is 4.48. The van der Waals surface area contributed by atoms with Crippen LogP contribution in [0.4, 0.5) is 10.5 Å². The molecule has 2 aromatic rings. The fourth-order valence-electron chi connectivity index (χ4n) is 4.16. The molecular formula is C20H29N7O3. The van der Waals surface area contributed by atoms with E-state index in [0.29, 0.717) is 25.4 Å². The van der Waals surface area contributed by atoms with Gasteiger partial charge in [-0.25, -0.2) is 4.79 Å². The fourth-order valence-corrected chi connectivity index (χ4v) is 4.16. The van der Waals surface area contributed by atoms with E-state index in [4.69, 9.17) is 4.74 Å². The number of carbonyl (C=O) groups is 2. The number of nitrogens with one attached hydrogen (secondary N) is 2. The predicted octanol–water partition coefficient (Wildman–Crippen LogP) is 1.45. The number of morpholine rings is 1. The summed E-state index contributed by atoms with van der Waals surface area (Å²) >= 11 is 0. The Bertz CT molecular complexity index is 933. The number of carbonyl (C=O) groups excluding carboxylic acids is 2. The molecule has 2 aromatic heterocycles. The summed E-state index contributed by atoms with van der Waals surface area (Å²) in [6.07, 6.45) is 7.92. The van der Waals surface area contributed by atoms with E-state index in [9.17, 15) is 9.59 Å². The standard InChI is InChI=1S/C20H29N7O3/c1-20(2)13-26(7-8-30-20)18(28)12-27-11-14(9-22-27)23-19(29)24-16-5-4-6-17-15(16)10-21-25(17)3/h9-11,16H,4-8,12-13H2,1-3H3,(H2,23,24,29)/t16-/m0/s1. The molecule has 1 saturated heterocycles. The molecule has 2 aliphatic rings. The Kier molecular flexibility index (Phi) is 5.50. The van der Waals surface area contributed by atoms with Crippen molar-refractivity contribution in [3.8, 4) is 0 Å². The van der Waals surface area contributed by atoms with Gasteiger partial charge >= 0.3 is 6.03 Å². The quantitative estimate of drug-likeness (QED) is 0.786. The molecule has 2 N–H and O–H groups in total. The lowest BCUT2D eigenvalue weighted by Crippen LogP contribution is -2.51. The summed E-state index contributed by atoms with van der Waals surface area (Å²) in [6.45, 7) is 5.74. The zero-order valence-electron chi connectivity index (χ0n) is 17.7. The first-order valence-electron chi connectivity index (χ1n) is 10.3. The highest BCUT2D eigenvalue weighted by Crippen LogP contribution is 2.29. The summed E-state index contributed by atoms with van der Waals surface area (Å²) in [5, 5.41) is 14.3. The third-order valence-corrected chi connectivity index (χ3v) is 5.65. The molecule has 1 fully saturated rings. The summed E-state index contributed by atoms with van der Waals surface area (Å²) in [6, 6.07) is -0.346. The first-order valence-corrected chi connectivity index (χ1v) is 10.3. The van der Waals surface area contributed by atoms with Crippen molar-refractivity contribution in [1.82, 2.24) is 29.8 Å². The zero-order valence-corrected chi connectivity index (χ0v) is 17.7. The average Bonchev–Trinajstić information content (AvgIpc) is 3.28. The molecule has 1 atom stereocenters. The molecule has 0 radical (unpaired) electrons. The minimum atomic E-state index is -0.337. The van der Waals surface area contributed by atoms with Crippen molar-refractivity contribution in [2.45, 2.75) is 51.3 Å². The van der Waals surface area contributed by atoms with Crippen LogP contribution in [-0.4, -0.2) is 61.7 Å². The number of ether oxygens (including phenoxy) is 1. The second kappa shape index (κ2) is 8.10. The van der Waals surface area contributed by atoms with Gasteiger partial charge in [0, 0.05) is 37.6 Å². The predicted molar refractivity (Wildman–Crippen MR) is 110 cm³/mol. The van der Waals surface area contributed by atoms with Crippen LogP contribution in [0.3, 0.4) is 0 Å². The first kappa shape index (κ1) is 20.4. The summed E-state index contributed by atoms with van der Waals surface area (Å²) < 4.78 is 9.07. The molecule has 0 bridgehead atoms. The highest BCUT2D eigenvalue weighted by atomic mass is 16.5. The van der Waals surface area contributed by atoms with Crippen molar-refractivity contribution >= 4 is 17.6 Å². The highest BCUT2D eigenvalue weighted by Gasteiger charge is 2.30. The van der Waals surface area contributed by atoms with E-state index in [1.165, 1.54) is 5.69 Å². The minimum absolute atomic E-state index is 0.0169. The number of anilines is 1. The maximum Gasteiger partial charge on any atom is 0.319 e. The van der Waals surface area contributed by atoms with Crippen LogP contribution in [-0.2, 0) is 29.5 Å². The number of urea groups is 1. The highest BCUT2D eigenvalue weighted by molar-refractivity contribution is 5.89. The lowest BCUT2D eigenvalue weighted by molar-refractivity contribution is -0.146. The fraction of sp³-hybridized carbons (Fsp3) is 0.600. The van der Waals surface area contributed by atoms with Gasteiger partial charge in [-0.15, -0.1) is 0 Å². The molecule has 0 saturated carbocycles. The van der Waals surface area contributed by atoms with Crippen LogP contribution in [0.2, 0.25) is 0 Å². The van der Waals surface area contributed by atoms with Crippen LogP contribution in [0, 0.1) is 0 Å². The molecule has 162 valence electrons. The van der Waals surface area contributed by atoms with Crippen molar-refractivity contribution in [2.24, 2.45) is 7.05 Å². The molecule has 10 nitrogen and oxygen atoms in total. The van der Waals surface area contributed by atoms with Crippen molar-refractivity contribution in [1.29, 1.82) is 0 Å². The largest absolute Gasteiger partial charge is 0.372 e. The van der Waals surface area contributed by atoms with Gasteiger partial charge in [0.2, 0.25) is 5.91 Å². The maximum atomic E-state index is 12.6. The SMILES string of the molecule is Cn1ncc2c1CCC[C@@H]2NC(=O)Nc1cnn(CC(=O)N2CCOC(C)(C)C2)c1. The zero-order chi connectivity index (χ0) is 21.3. The molecule has 0 aromatic carbocycles. The second-order valence-corrected chi connectivity index (χ2v) is 8.56. The molecular weight excluding hydrogens is 386 g/mol. The molecule has 3 heterocycles. The molecule has 1 aliphatic heterocycles. The van der Waals surface area contributed by atoms with Gasteiger partial charge in [0.05, 0.1) is 36.3 Å². The average molecular weight is 415 g/mol. The van der Waals surface area contributed by atoms with Gasteiger partial charge in [0.1, 0.15) is 6.54 Å². The Labute approximate surface area is 175 Å². The van der Waals surface area contributed by atoms with Gasteiger partial charge < -0.3 is 20.3 Å². The number of hydrogen-bond acceptors (Lipinski definition) is 5. The lowest BCUT2D eigenvalue weighted by Gasteiger charge is -2.38. The Morgan fingerprint density at radius 1 is 1.30 bits per heavy atom. The first-order chi connectivity index (χ1) is 14.3. The number of nitrogens with zero attached hydrogens (tertiary/aromatic N) is 5. The Hall–Kier alpha value is -2.88. The van der Waals surface area contributed by atoms with Crippen LogP contribution >= 0.6 is 0 Å². The number of aryl methyl sites for hydroxylation is 1. The van der Waals surface area contributed by atoms with Crippen LogP contribution in [0.5, 0.6) is 0 Å². The Balaban J connectivity index is 1.31. The monoisotopic (exact) mass is 415 g/mol. The van der Waals surface area contributed by atoms with E-state index in [-0.39, 0.29) is 30.1 Å². The molecule has 10 heteroatoms. The van der Waals surface area contributed by atoms with E-state index >= 15 is 0 Å². The summed E-state index contributed by atoms with van der Waals surface area (Å²) in [4.78, 5) is 26.8.